The van der Waals surface area contributed by atoms with Crippen molar-refractivity contribution in [3.63, 3.8) is 0 Å². The molecular weight excluding hydrogens is 365 g/mol. The molecule has 8 heteroatoms. The Hall–Kier alpha value is -0.990. The minimum Gasteiger partial charge on any atom is -0.480 e. The van der Waals surface area contributed by atoms with Gasteiger partial charge in [0, 0.05) is 11.0 Å². The smallest absolute Gasteiger partial charge is 0.322 e. The van der Waals surface area contributed by atoms with E-state index in [1.807, 2.05) is 0 Å². The van der Waals surface area contributed by atoms with E-state index in [0.717, 1.165) is 28.9 Å². The van der Waals surface area contributed by atoms with E-state index >= 15 is 0 Å². The van der Waals surface area contributed by atoms with E-state index in [1.165, 1.54) is 0 Å². The van der Waals surface area contributed by atoms with Gasteiger partial charge in [-0.1, -0.05) is 12.8 Å². The maximum absolute atomic E-state index is 13.1. The molecule has 21 heavy (non-hydrogen) atoms. The Morgan fingerprint density at radius 1 is 1.33 bits per heavy atom. The topological polar surface area (TPSA) is 74.7 Å². The second kappa shape index (κ2) is 6.41. The summed E-state index contributed by atoms with van der Waals surface area (Å²) in [6.45, 7) is 0.156. The lowest BCUT2D eigenvalue weighted by atomic mass is 10.1. The van der Waals surface area contributed by atoms with E-state index in [-0.39, 0.29) is 22.3 Å². The average molecular weight is 380 g/mol. The van der Waals surface area contributed by atoms with E-state index < -0.39 is 27.9 Å². The SMILES string of the molecule is O=C(O)C1CCCCCN1S(=O)(=O)c1ccc(F)cc1Br. The maximum Gasteiger partial charge on any atom is 0.322 e. The lowest BCUT2D eigenvalue weighted by Gasteiger charge is -2.26. The zero-order valence-corrected chi connectivity index (χ0v) is 13.5. The highest BCUT2D eigenvalue weighted by molar-refractivity contribution is 9.10. The van der Waals surface area contributed by atoms with Gasteiger partial charge in [-0.15, -0.1) is 0 Å². The standard InChI is InChI=1S/C13H15BrFNO4S/c14-10-8-9(15)5-6-12(10)21(19,20)16-7-3-1-2-4-11(16)13(17)18/h5-6,8,11H,1-4,7H2,(H,17,18). The van der Waals surface area contributed by atoms with Crippen molar-refractivity contribution in [3.05, 3.63) is 28.5 Å². The molecule has 1 aliphatic rings. The first-order valence-corrected chi connectivity index (χ1v) is 8.77. The predicted octanol–water partition coefficient (Wildman–Crippen LogP) is 2.61. The Kier molecular flexibility index (Phi) is 5.00. The first-order valence-electron chi connectivity index (χ1n) is 6.54. The summed E-state index contributed by atoms with van der Waals surface area (Å²) < 4.78 is 39.6. The van der Waals surface area contributed by atoms with Crippen molar-refractivity contribution in [2.75, 3.05) is 6.54 Å². The van der Waals surface area contributed by atoms with Crippen LogP contribution >= 0.6 is 15.9 Å². The van der Waals surface area contributed by atoms with Crippen molar-refractivity contribution in [1.29, 1.82) is 0 Å². The van der Waals surface area contributed by atoms with Crippen molar-refractivity contribution in [3.8, 4) is 0 Å². The molecule has 0 aliphatic carbocycles. The molecule has 0 spiro atoms. The fourth-order valence-corrected chi connectivity index (χ4v) is 5.09. The first-order chi connectivity index (χ1) is 9.84. The van der Waals surface area contributed by atoms with Crippen molar-refractivity contribution in [1.82, 2.24) is 4.31 Å². The maximum atomic E-state index is 13.1. The number of halogens is 2. The molecule has 1 aromatic rings. The number of sulfonamides is 1. The van der Waals surface area contributed by atoms with Crippen LogP contribution in [0.1, 0.15) is 25.7 Å². The van der Waals surface area contributed by atoms with Crippen LogP contribution in [0, 0.1) is 5.82 Å². The van der Waals surface area contributed by atoms with Crippen molar-refractivity contribution in [2.45, 2.75) is 36.6 Å². The monoisotopic (exact) mass is 379 g/mol. The summed E-state index contributed by atoms with van der Waals surface area (Å²) in [6, 6.07) is 2.18. The summed E-state index contributed by atoms with van der Waals surface area (Å²) in [5, 5.41) is 9.28. The van der Waals surface area contributed by atoms with Gasteiger partial charge < -0.3 is 5.11 Å². The third-order valence-corrected chi connectivity index (χ3v) is 6.35. The molecule has 1 heterocycles. The highest BCUT2D eigenvalue weighted by atomic mass is 79.9. The highest BCUT2D eigenvalue weighted by Crippen LogP contribution is 2.30. The molecule has 2 rings (SSSR count). The molecule has 1 N–H and O–H groups in total. The summed E-state index contributed by atoms with van der Waals surface area (Å²) in [6.07, 6.45) is 2.36. The van der Waals surface area contributed by atoms with Crippen LogP contribution in [-0.2, 0) is 14.8 Å². The second-order valence-electron chi connectivity index (χ2n) is 4.89. The third-order valence-electron chi connectivity index (χ3n) is 3.47. The molecule has 0 radical (unpaired) electrons. The van der Waals surface area contributed by atoms with E-state index in [4.69, 9.17) is 0 Å². The normalized spacial score (nSPS) is 21.0. The predicted molar refractivity (Wildman–Crippen MR) is 77.9 cm³/mol. The summed E-state index contributed by atoms with van der Waals surface area (Å²) in [5.74, 6) is -1.72. The van der Waals surface area contributed by atoms with Gasteiger partial charge in [-0.05, 0) is 47.0 Å². The molecule has 0 saturated carbocycles. The summed E-state index contributed by atoms with van der Waals surface area (Å²) >= 11 is 3.03. The van der Waals surface area contributed by atoms with Crippen LogP contribution in [0.4, 0.5) is 4.39 Å². The molecule has 1 atom stereocenters. The molecule has 1 aliphatic heterocycles. The number of hydrogen-bond acceptors (Lipinski definition) is 3. The summed E-state index contributed by atoms with van der Waals surface area (Å²) in [7, 11) is -3.99. The average Bonchev–Trinajstić information content (AvgIpc) is 2.64. The van der Waals surface area contributed by atoms with E-state index in [1.54, 1.807) is 0 Å². The number of nitrogens with zero attached hydrogens (tertiary/aromatic N) is 1. The molecule has 0 bridgehead atoms. The van der Waals surface area contributed by atoms with E-state index in [0.29, 0.717) is 12.8 Å². The number of carboxylic acids is 1. The fourth-order valence-electron chi connectivity index (χ4n) is 2.43. The molecule has 0 aromatic heterocycles. The number of carboxylic acid groups (broad SMARTS) is 1. The van der Waals surface area contributed by atoms with Gasteiger partial charge in [0.25, 0.3) is 0 Å². The molecule has 5 nitrogen and oxygen atoms in total. The van der Waals surface area contributed by atoms with Crippen LogP contribution < -0.4 is 0 Å². The third kappa shape index (κ3) is 3.44. The van der Waals surface area contributed by atoms with Crippen LogP contribution in [0.5, 0.6) is 0 Å². The molecule has 1 fully saturated rings. The van der Waals surface area contributed by atoms with Gasteiger partial charge in [-0.2, -0.15) is 4.31 Å². The van der Waals surface area contributed by atoms with Crippen molar-refractivity contribution < 1.29 is 22.7 Å². The molecule has 1 saturated heterocycles. The zero-order valence-electron chi connectivity index (χ0n) is 11.1. The number of rotatable bonds is 3. The number of benzene rings is 1. The summed E-state index contributed by atoms with van der Waals surface area (Å²) in [5.41, 5.74) is 0. The number of carbonyl (C=O) groups is 1. The van der Waals surface area contributed by atoms with E-state index in [9.17, 15) is 22.7 Å². The first kappa shape index (κ1) is 16.4. The molecule has 116 valence electrons. The van der Waals surface area contributed by atoms with Gasteiger partial charge in [-0.3, -0.25) is 4.79 Å². The Morgan fingerprint density at radius 2 is 2.05 bits per heavy atom. The van der Waals surface area contributed by atoms with Crippen LogP contribution in [0.25, 0.3) is 0 Å². The largest absolute Gasteiger partial charge is 0.480 e. The highest BCUT2D eigenvalue weighted by Gasteiger charge is 2.37. The number of hydrogen-bond donors (Lipinski definition) is 1. The Balaban J connectivity index is 2.46. The van der Waals surface area contributed by atoms with Crippen LogP contribution in [-0.4, -0.2) is 36.4 Å². The molecule has 1 unspecified atom stereocenters. The fraction of sp³-hybridized carbons (Fsp3) is 0.462. The van der Waals surface area contributed by atoms with Crippen molar-refractivity contribution >= 4 is 31.9 Å². The lowest BCUT2D eigenvalue weighted by Crippen LogP contribution is -2.44. The molecule has 0 amide bonds. The Labute approximate surface area is 130 Å². The van der Waals surface area contributed by atoms with Gasteiger partial charge in [-0.25, -0.2) is 12.8 Å². The van der Waals surface area contributed by atoms with Gasteiger partial charge in [0.15, 0.2) is 0 Å². The Bertz CT molecular complexity index is 650. The zero-order chi connectivity index (χ0) is 15.6. The van der Waals surface area contributed by atoms with Gasteiger partial charge in [0.05, 0.1) is 4.90 Å². The van der Waals surface area contributed by atoms with Gasteiger partial charge in [0.1, 0.15) is 11.9 Å². The van der Waals surface area contributed by atoms with Crippen LogP contribution in [0.3, 0.4) is 0 Å². The molecule has 1 aromatic carbocycles. The lowest BCUT2D eigenvalue weighted by molar-refractivity contribution is -0.141. The number of aliphatic carboxylic acids is 1. The summed E-state index contributed by atoms with van der Waals surface area (Å²) in [4.78, 5) is 11.2. The quantitative estimate of drug-likeness (QED) is 0.875. The second-order valence-corrected chi connectivity index (χ2v) is 7.61. The minimum atomic E-state index is -3.99. The van der Waals surface area contributed by atoms with Crippen molar-refractivity contribution in [2.24, 2.45) is 0 Å². The van der Waals surface area contributed by atoms with E-state index in [2.05, 4.69) is 15.9 Å². The van der Waals surface area contributed by atoms with Gasteiger partial charge in [0.2, 0.25) is 10.0 Å². The molecular formula is C13H15BrFNO4S. The Morgan fingerprint density at radius 3 is 2.67 bits per heavy atom. The van der Waals surface area contributed by atoms with Crippen LogP contribution in [0.15, 0.2) is 27.6 Å². The minimum absolute atomic E-state index is 0.0934. The van der Waals surface area contributed by atoms with Gasteiger partial charge >= 0.3 is 5.97 Å². The van der Waals surface area contributed by atoms with Crippen LogP contribution in [0.2, 0.25) is 0 Å².